The number of carbonyl (C=O) groups excluding carboxylic acids is 1. The van der Waals surface area contributed by atoms with Crippen molar-refractivity contribution < 1.29 is 19.1 Å². The second kappa shape index (κ2) is 9.41. The van der Waals surface area contributed by atoms with E-state index in [1.807, 2.05) is 39.0 Å². The molecule has 1 heterocycles. The smallest absolute Gasteiger partial charge is 0.338 e. The third-order valence-electron chi connectivity index (χ3n) is 6.28. The van der Waals surface area contributed by atoms with Gasteiger partial charge in [0.2, 0.25) is 0 Å². The first-order chi connectivity index (χ1) is 15.7. The number of carboxylic acid groups (broad SMARTS) is 1. The first-order valence-corrected chi connectivity index (χ1v) is 11.8. The maximum atomic E-state index is 13.9. The van der Waals surface area contributed by atoms with Gasteiger partial charge in [-0.25, -0.2) is 14.0 Å². The zero-order valence-electron chi connectivity index (χ0n) is 20.5. The maximum absolute atomic E-state index is 13.9. The van der Waals surface area contributed by atoms with Crippen LogP contribution in [0.5, 0.6) is 0 Å². The number of hydrogen-bond donors (Lipinski definition) is 2. The van der Waals surface area contributed by atoms with Gasteiger partial charge >= 0.3 is 12.0 Å². The molecular formula is C27H32ClFN2O3. The first kappa shape index (κ1) is 25.8. The number of aryl methyl sites for hydroxylation is 1. The predicted molar refractivity (Wildman–Crippen MR) is 134 cm³/mol. The molecule has 5 nitrogen and oxygen atoms in total. The highest BCUT2D eigenvalue weighted by molar-refractivity contribution is 6.31. The van der Waals surface area contributed by atoms with E-state index in [0.29, 0.717) is 5.02 Å². The van der Waals surface area contributed by atoms with Crippen molar-refractivity contribution in [2.45, 2.75) is 59.9 Å². The van der Waals surface area contributed by atoms with E-state index in [9.17, 15) is 19.1 Å². The summed E-state index contributed by atoms with van der Waals surface area (Å²) in [4.78, 5) is 25.9. The quantitative estimate of drug-likeness (QED) is 0.455. The molecular weight excluding hydrogens is 455 g/mol. The molecule has 0 fully saturated rings. The lowest BCUT2D eigenvalue weighted by Crippen LogP contribution is -2.55. The van der Waals surface area contributed by atoms with Gasteiger partial charge in [0, 0.05) is 11.2 Å². The van der Waals surface area contributed by atoms with Crippen molar-refractivity contribution in [1.82, 2.24) is 5.32 Å². The Bertz CT molecular complexity index is 1150. The number of halogens is 2. The highest BCUT2D eigenvalue weighted by Gasteiger charge is 2.40. The molecule has 0 unspecified atom stereocenters. The second-order valence-corrected chi connectivity index (χ2v) is 10.9. The Kier molecular flexibility index (Phi) is 7.13. The molecule has 182 valence electrons. The van der Waals surface area contributed by atoms with Crippen LogP contribution in [0, 0.1) is 17.2 Å². The van der Waals surface area contributed by atoms with Crippen molar-refractivity contribution in [2.24, 2.45) is 11.3 Å². The highest BCUT2D eigenvalue weighted by Crippen LogP contribution is 2.40. The van der Waals surface area contributed by atoms with E-state index in [2.05, 4.69) is 26.1 Å². The minimum atomic E-state index is -1.39. The third kappa shape index (κ3) is 5.27. The Morgan fingerprint density at radius 1 is 1.21 bits per heavy atom. The number of urea groups is 1. The highest BCUT2D eigenvalue weighted by atomic mass is 35.5. The summed E-state index contributed by atoms with van der Waals surface area (Å²) < 4.78 is 13.9. The molecule has 2 aromatic rings. The molecule has 2 aromatic carbocycles. The molecule has 2 N–H and O–H groups in total. The molecule has 0 spiro atoms. The van der Waals surface area contributed by atoms with Crippen molar-refractivity contribution in [2.75, 3.05) is 4.90 Å². The first-order valence-electron chi connectivity index (χ1n) is 11.4. The zero-order chi connectivity index (χ0) is 25.4. The van der Waals surface area contributed by atoms with Crippen LogP contribution < -0.4 is 10.2 Å². The van der Waals surface area contributed by atoms with Gasteiger partial charge in [0.15, 0.2) is 0 Å². The summed E-state index contributed by atoms with van der Waals surface area (Å²) in [7, 11) is 0. The van der Waals surface area contributed by atoms with Gasteiger partial charge in [-0.2, -0.15) is 0 Å². The molecule has 0 radical (unpaired) electrons. The van der Waals surface area contributed by atoms with Crippen molar-refractivity contribution in [3.05, 3.63) is 75.7 Å². The molecule has 0 aliphatic carbocycles. The van der Waals surface area contributed by atoms with Gasteiger partial charge < -0.3 is 10.4 Å². The summed E-state index contributed by atoms with van der Waals surface area (Å²) >= 11 is 6.66. The van der Waals surface area contributed by atoms with E-state index >= 15 is 0 Å². The van der Waals surface area contributed by atoms with E-state index in [1.165, 1.54) is 11.0 Å². The fourth-order valence-electron chi connectivity index (χ4n) is 4.23. The minimum Gasteiger partial charge on any atom is -0.478 e. The Morgan fingerprint density at radius 2 is 1.88 bits per heavy atom. The Balaban J connectivity index is 2.02. The Hall–Kier alpha value is -2.86. The van der Waals surface area contributed by atoms with Crippen LogP contribution in [-0.2, 0) is 12.0 Å². The monoisotopic (exact) mass is 486 g/mol. The van der Waals surface area contributed by atoms with Crippen LogP contribution in [0.3, 0.4) is 0 Å². The molecule has 34 heavy (non-hydrogen) atoms. The number of nitrogens with one attached hydrogen (secondary N) is 1. The van der Waals surface area contributed by atoms with E-state index in [1.54, 1.807) is 6.20 Å². The molecule has 0 bridgehead atoms. The average molecular weight is 487 g/mol. The van der Waals surface area contributed by atoms with Gasteiger partial charge in [-0.05, 0) is 72.1 Å². The Morgan fingerprint density at radius 3 is 2.44 bits per heavy atom. The fraction of sp³-hybridized carbons (Fsp3) is 0.407. The molecule has 7 heteroatoms. The maximum Gasteiger partial charge on any atom is 0.338 e. The predicted octanol–water partition coefficient (Wildman–Crippen LogP) is 7.14. The van der Waals surface area contributed by atoms with Gasteiger partial charge in [0.25, 0.3) is 0 Å². The summed E-state index contributed by atoms with van der Waals surface area (Å²) in [6.45, 7) is 12.6. The third-order valence-corrected chi connectivity index (χ3v) is 6.63. The number of carbonyl (C=O) groups is 2. The van der Waals surface area contributed by atoms with E-state index in [0.717, 1.165) is 41.7 Å². The second-order valence-electron chi connectivity index (χ2n) is 10.5. The number of rotatable bonds is 6. The lowest BCUT2D eigenvalue weighted by atomic mass is 9.78. The standard InChI is InChI=1S/C27H32ClFN2O3/c1-16(2)21-15-31(19-9-10-23(29)20(14-19)24(32)33)25(34)30-27(21,6)18-8-7-17(22(28)13-18)11-12-26(3,4)5/h7-10,13-16H,11-12H2,1-6H3,(H,30,34)(H,32,33)/t27-/m0/s1. The van der Waals surface area contributed by atoms with Crippen LogP contribution in [0.2, 0.25) is 5.02 Å². The van der Waals surface area contributed by atoms with Crippen LogP contribution in [-0.4, -0.2) is 17.1 Å². The van der Waals surface area contributed by atoms with Crippen LogP contribution in [0.4, 0.5) is 14.9 Å². The number of carboxylic acids is 1. The van der Waals surface area contributed by atoms with Crippen molar-refractivity contribution >= 4 is 29.3 Å². The summed E-state index contributed by atoms with van der Waals surface area (Å²) in [5.74, 6) is -2.20. The van der Waals surface area contributed by atoms with Crippen LogP contribution in [0.1, 0.15) is 69.4 Å². The van der Waals surface area contributed by atoms with Gasteiger partial charge in [0.05, 0.1) is 16.8 Å². The lowest BCUT2D eigenvalue weighted by Gasteiger charge is -2.42. The number of anilines is 1. The SMILES string of the molecule is CC(C)C1=CN(c2ccc(F)c(C(=O)O)c2)C(=O)N[C@@]1(C)c1ccc(CCC(C)(C)C)c(Cl)c1. The van der Waals surface area contributed by atoms with Crippen molar-refractivity contribution in [1.29, 1.82) is 0 Å². The number of benzene rings is 2. The Labute approximate surface area is 205 Å². The van der Waals surface area contributed by atoms with E-state index in [4.69, 9.17) is 11.6 Å². The summed E-state index contributed by atoms with van der Waals surface area (Å²) in [5, 5.41) is 13.0. The summed E-state index contributed by atoms with van der Waals surface area (Å²) in [5.41, 5.74) is 1.99. The largest absolute Gasteiger partial charge is 0.478 e. The molecule has 0 saturated heterocycles. The van der Waals surface area contributed by atoms with Gasteiger partial charge in [-0.1, -0.05) is 58.4 Å². The fourth-order valence-corrected chi connectivity index (χ4v) is 4.50. The average Bonchev–Trinajstić information content (AvgIpc) is 2.72. The number of hydrogen-bond acceptors (Lipinski definition) is 2. The summed E-state index contributed by atoms with van der Waals surface area (Å²) in [6, 6.07) is 9.09. The molecule has 1 atom stereocenters. The number of amides is 2. The molecule has 2 amide bonds. The number of nitrogens with zero attached hydrogens (tertiary/aromatic N) is 1. The lowest BCUT2D eigenvalue weighted by molar-refractivity contribution is 0.0692. The molecule has 1 aliphatic heterocycles. The van der Waals surface area contributed by atoms with Gasteiger partial charge in [-0.15, -0.1) is 0 Å². The zero-order valence-corrected chi connectivity index (χ0v) is 21.3. The molecule has 0 aromatic heterocycles. The van der Waals surface area contributed by atoms with Crippen LogP contribution in [0.15, 0.2) is 48.2 Å². The minimum absolute atomic E-state index is 0.0480. The van der Waals surface area contributed by atoms with E-state index in [-0.39, 0.29) is 17.0 Å². The molecule has 0 saturated carbocycles. The van der Waals surface area contributed by atoms with Gasteiger partial charge in [-0.3, -0.25) is 4.90 Å². The van der Waals surface area contributed by atoms with Crippen molar-refractivity contribution in [3.8, 4) is 0 Å². The van der Waals surface area contributed by atoms with E-state index < -0.39 is 28.9 Å². The van der Waals surface area contributed by atoms with Crippen LogP contribution >= 0.6 is 11.6 Å². The normalized spacial score (nSPS) is 18.7. The van der Waals surface area contributed by atoms with Crippen LogP contribution in [0.25, 0.3) is 0 Å². The molecule has 3 rings (SSSR count). The number of aromatic carboxylic acids is 1. The topological polar surface area (TPSA) is 69.6 Å². The molecule has 1 aliphatic rings. The van der Waals surface area contributed by atoms with Crippen molar-refractivity contribution in [3.63, 3.8) is 0 Å². The van der Waals surface area contributed by atoms with Gasteiger partial charge in [0.1, 0.15) is 5.82 Å². The summed E-state index contributed by atoms with van der Waals surface area (Å²) in [6.07, 6.45) is 3.58.